The molecule has 0 saturated heterocycles. The van der Waals surface area contributed by atoms with E-state index in [2.05, 4.69) is 0 Å². The number of rotatable bonds is 13. The minimum absolute atomic E-state index is 0.0389. The van der Waals surface area contributed by atoms with Gasteiger partial charge in [-0.25, -0.2) is 9.59 Å². The van der Waals surface area contributed by atoms with E-state index in [1.54, 1.807) is 36.4 Å². The first-order valence-electron chi connectivity index (χ1n) is 10.4. The predicted octanol–water partition coefficient (Wildman–Crippen LogP) is 6.14. The molecule has 0 spiro atoms. The van der Waals surface area contributed by atoms with Crippen LogP contribution in [0.15, 0.2) is 58.3 Å². The number of aromatic carboxylic acids is 2. The van der Waals surface area contributed by atoms with Crippen LogP contribution >= 0.6 is 23.5 Å². The van der Waals surface area contributed by atoms with E-state index in [0.29, 0.717) is 22.6 Å². The van der Waals surface area contributed by atoms with Crippen molar-refractivity contribution in [2.24, 2.45) is 0 Å². The number of thioether (sulfide) groups is 2. The fourth-order valence-corrected chi connectivity index (χ4v) is 4.86. The van der Waals surface area contributed by atoms with Crippen LogP contribution in [0.3, 0.4) is 0 Å². The van der Waals surface area contributed by atoms with Crippen molar-refractivity contribution in [1.29, 1.82) is 0 Å². The molecule has 0 aliphatic heterocycles. The van der Waals surface area contributed by atoms with Gasteiger partial charge in [-0.2, -0.15) is 0 Å². The standard InChI is InChI=1S/C24H26O6S2/c25-21(31-19-13-9-7-11-17(19)23(27)28)15-5-3-1-2-4-6-16-22(26)32-20-14-10-8-12-18(20)24(29)30/h7-14H,1-6,15-16H2,(H,27,28)(H,29,30). The second-order valence-corrected chi connectivity index (χ2v) is 9.37. The minimum Gasteiger partial charge on any atom is -0.478 e. The molecule has 0 atom stereocenters. The van der Waals surface area contributed by atoms with Crippen molar-refractivity contribution in [3.8, 4) is 0 Å². The highest BCUT2D eigenvalue weighted by Crippen LogP contribution is 2.27. The summed E-state index contributed by atoms with van der Waals surface area (Å²) in [4.78, 5) is 47.5. The van der Waals surface area contributed by atoms with Crippen LogP contribution in [-0.2, 0) is 9.59 Å². The van der Waals surface area contributed by atoms with E-state index in [1.165, 1.54) is 12.1 Å². The van der Waals surface area contributed by atoms with Gasteiger partial charge in [0.25, 0.3) is 0 Å². The largest absolute Gasteiger partial charge is 0.478 e. The van der Waals surface area contributed by atoms with Crippen LogP contribution in [0.2, 0.25) is 0 Å². The van der Waals surface area contributed by atoms with E-state index < -0.39 is 11.9 Å². The molecule has 2 aromatic rings. The Bertz CT molecular complexity index is 880. The molecule has 0 radical (unpaired) electrons. The molecule has 170 valence electrons. The first-order chi connectivity index (χ1) is 15.4. The van der Waals surface area contributed by atoms with Crippen molar-refractivity contribution in [3.63, 3.8) is 0 Å². The van der Waals surface area contributed by atoms with Crippen molar-refractivity contribution < 1.29 is 29.4 Å². The van der Waals surface area contributed by atoms with Crippen molar-refractivity contribution in [1.82, 2.24) is 0 Å². The highest BCUT2D eigenvalue weighted by atomic mass is 32.2. The van der Waals surface area contributed by atoms with Crippen LogP contribution in [0, 0.1) is 0 Å². The summed E-state index contributed by atoms with van der Waals surface area (Å²) in [7, 11) is 0. The fourth-order valence-electron chi connectivity index (χ4n) is 3.06. The van der Waals surface area contributed by atoms with Crippen LogP contribution in [0.25, 0.3) is 0 Å². The molecule has 6 nitrogen and oxygen atoms in total. The number of carboxylic acid groups (broad SMARTS) is 2. The van der Waals surface area contributed by atoms with Gasteiger partial charge in [-0.3, -0.25) is 9.59 Å². The molecule has 2 aromatic carbocycles. The Labute approximate surface area is 195 Å². The van der Waals surface area contributed by atoms with Crippen LogP contribution in [0.4, 0.5) is 0 Å². The Kier molecular flexibility index (Phi) is 11.0. The number of hydrogen-bond acceptors (Lipinski definition) is 6. The van der Waals surface area contributed by atoms with Crippen LogP contribution in [0.5, 0.6) is 0 Å². The molecular formula is C24H26O6S2. The third-order valence-corrected chi connectivity index (χ3v) is 6.71. The summed E-state index contributed by atoms with van der Waals surface area (Å²) in [6.07, 6.45) is 6.04. The first-order valence-corrected chi connectivity index (χ1v) is 12.1. The van der Waals surface area contributed by atoms with Gasteiger partial charge in [-0.1, -0.05) is 73.5 Å². The Morgan fingerprint density at radius 3 is 1.28 bits per heavy atom. The third kappa shape index (κ3) is 8.88. The summed E-state index contributed by atoms with van der Waals surface area (Å²) in [5.41, 5.74) is 0.287. The average molecular weight is 475 g/mol. The zero-order chi connectivity index (χ0) is 23.3. The molecule has 0 bridgehead atoms. The molecule has 0 aromatic heterocycles. The van der Waals surface area contributed by atoms with E-state index in [9.17, 15) is 19.2 Å². The summed E-state index contributed by atoms with van der Waals surface area (Å²) in [6.45, 7) is 0. The number of carboxylic acids is 2. The number of carbonyl (C=O) groups excluding carboxylic acids is 2. The van der Waals surface area contributed by atoms with Crippen molar-refractivity contribution in [3.05, 3.63) is 59.7 Å². The Morgan fingerprint density at radius 2 is 0.906 bits per heavy atom. The van der Waals surface area contributed by atoms with Gasteiger partial charge >= 0.3 is 11.9 Å². The quantitative estimate of drug-likeness (QED) is 0.263. The SMILES string of the molecule is O=C(CCCCCCCCC(=O)Sc1ccccc1C(=O)O)Sc1ccccc1C(=O)O. The lowest BCUT2D eigenvalue weighted by molar-refractivity contribution is -0.111. The highest BCUT2D eigenvalue weighted by molar-refractivity contribution is 8.14. The molecule has 0 aliphatic rings. The molecule has 0 unspecified atom stereocenters. The summed E-state index contributed by atoms with van der Waals surface area (Å²) in [5.74, 6) is -2.08. The highest BCUT2D eigenvalue weighted by Gasteiger charge is 2.14. The van der Waals surface area contributed by atoms with Crippen molar-refractivity contribution in [2.45, 2.75) is 61.2 Å². The van der Waals surface area contributed by atoms with E-state index >= 15 is 0 Å². The number of unbranched alkanes of at least 4 members (excludes halogenated alkanes) is 5. The Hall–Kier alpha value is -2.58. The lowest BCUT2D eigenvalue weighted by Crippen LogP contribution is -2.00. The maximum absolute atomic E-state index is 12.1. The van der Waals surface area contributed by atoms with Crippen molar-refractivity contribution in [2.75, 3.05) is 0 Å². The van der Waals surface area contributed by atoms with E-state index in [0.717, 1.165) is 62.0 Å². The maximum Gasteiger partial charge on any atom is 0.336 e. The van der Waals surface area contributed by atoms with Crippen LogP contribution in [0.1, 0.15) is 72.1 Å². The summed E-state index contributed by atoms with van der Waals surface area (Å²) in [5, 5.41) is 18.3. The molecular weight excluding hydrogens is 448 g/mol. The molecule has 0 amide bonds. The molecule has 2 N–H and O–H groups in total. The van der Waals surface area contributed by atoms with Gasteiger partial charge in [0, 0.05) is 22.6 Å². The van der Waals surface area contributed by atoms with Gasteiger partial charge in [0.15, 0.2) is 10.2 Å². The Balaban J connectivity index is 1.56. The van der Waals surface area contributed by atoms with Gasteiger partial charge in [0.1, 0.15) is 0 Å². The maximum atomic E-state index is 12.1. The molecule has 0 saturated carbocycles. The zero-order valence-electron chi connectivity index (χ0n) is 17.6. The summed E-state index contributed by atoms with van der Waals surface area (Å²) < 4.78 is 0. The molecule has 0 heterocycles. The van der Waals surface area contributed by atoms with Gasteiger partial charge in [-0.05, 0) is 37.1 Å². The monoisotopic (exact) mass is 474 g/mol. The molecule has 0 aliphatic carbocycles. The minimum atomic E-state index is -1.04. The third-order valence-electron chi connectivity index (χ3n) is 4.69. The van der Waals surface area contributed by atoms with Crippen LogP contribution < -0.4 is 0 Å². The van der Waals surface area contributed by atoms with Gasteiger partial charge in [-0.15, -0.1) is 0 Å². The average Bonchev–Trinajstić information content (AvgIpc) is 2.76. The molecule has 8 heteroatoms. The fraction of sp³-hybridized carbons (Fsp3) is 0.333. The zero-order valence-corrected chi connectivity index (χ0v) is 19.3. The Morgan fingerprint density at radius 1 is 0.562 bits per heavy atom. The normalized spacial score (nSPS) is 10.6. The number of carbonyl (C=O) groups is 4. The summed E-state index contributed by atoms with van der Waals surface area (Å²) >= 11 is 1.96. The van der Waals surface area contributed by atoms with E-state index in [1.807, 2.05) is 0 Å². The van der Waals surface area contributed by atoms with E-state index in [4.69, 9.17) is 10.2 Å². The van der Waals surface area contributed by atoms with Gasteiger partial charge in [0.05, 0.1) is 11.1 Å². The molecule has 2 rings (SSSR count). The molecule has 0 fully saturated rings. The second-order valence-electron chi connectivity index (χ2n) is 7.17. The van der Waals surface area contributed by atoms with Crippen molar-refractivity contribution >= 4 is 45.7 Å². The van der Waals surface area contributed by atoms with Gasteiger partial charge < -0.3 is 10.2 Å². The summed E-state index contributed by atoms with van der Waals surface area (Å²) in [6, 6.07) is 13.0. The molecule has 32 heavy (non-hydrogen) atoms. The number of hydrogen-bond donors (Lipinski definition) is 2. The lowest BCUT2D eigenvalue weighted by atomic mass is 10.1. The smallest absolute Gasteiger partial charge is 0.336 e. The van der Waals surface area contributed by atoms with E-state index in [-0.39, 0.29) is 21.4 Å². The van der Waals surface area contributed by atoms with Crippen LogP contribution in [-0.4, -0.2) is 32.4 Å². The predicted molar refractivity (Wildman–Crippen MR) is 125 cm³/mol. The topological polar surface area (TPSA) is 109 Å². The van der Waals surface area contributed by atoms with Gasteiger partial charge in [0.2, 0.25) is 0 Å². The lowest BCUT2D eigenvalue weighted by Gasteiger charge is -2.05. The number of benzene rings is 2. The second kappa shape index (κ2) is 13.8. The first kappa shape index (κ1) is 25.7.